The fraction of sp³-hybridized carbons (Fsp3) is 0.333. The Morgan fingerprint density at radius 3 is 2.58 bits per heavy atom. The van der Waals surface area contributed by atoms with E-state index in [9.17, 15) is 17.6 Å². The van der Waals surface area contributed by atoms with Crippen LogP contribution in [0.15, 0.2) is 47.5 Å². The van der Waals surface area contributed by atoms with Gasteiger partial charge in [0, 0.05) is 11.3 Å². The summed E-state index contributed by atoms with van der Waals surface area (Å²) < 4.78 is 48.5. The van der Waals surface area contributed by atoms with E-state index in [0.29, 0.717) is 27.9 Å². The van der Waals surface area contributed by atoms with Crippen LogP contribution in [0.2, 0.25) is 0 Å². The number of benzene rings is 2. The molecule has 0 saturated carbocycles. The number of aliphatic imine (C=N–C) groups is 1. The van der Waals surface area contributed by atoms with Gasteiger partial charge in [0.1, 0.15) is 17.3 Å². The summed E-state index contributed by atoms with van der Waals surface area (Å²) in [4.78, 5) is 18.7. The lowest BCUT2D eigenvalue weighted by molar-refractivity contribution is -0.117. The highest BCUT2D eigenvalue weighted by Crippen LogP contribution is 2.45. The molecule has 2 heterocycles. The zero-order valence-corrected chi connectivity index (χ0v) is 18.6. The molecule has 0 aromatic heterocycles. The number of halogens is 1. The van der Waals surface area contributed by atoms with E-state index in [2.05, 4.69) is 4.99 Å². The predicted octanol–water partition coefficient (Wildman–Crippen LogP) is 2.69. The van der Waals surface area contributed by atoms with Crippen molar-refractivity contribution < 1.29 is 27.1 Å². The highest BCUT2D eigenvalue weighted by atomic mass is 32.2. The van der Waals surface area contributed by atoms with Crippen LogP contribution in [0.3, 0.4) is 0 Å². The normalized spacial score (nSPS) is 23.1. The van der Waals surface area contributed by atoms with Gasteiger partial charge < -0.3 is 14.4 Å². The van der Waals surface area contributed by atoms with Crippen molar-refractivity contribution in [2.24, 2.45) is 4.99 Å². The third-order valence-electron chi connectivity index (χ3n) is 5.20. The van der Waals surface area contributed by atoms with Gasteiger partial charge in [0.25, 0.3) is 5.91 Å². The number of amides is 1. The molecule has 4 rings (SSSR count). The van der Waals surface area contributed by atoms with E-state index >= 15 is 0 Å². The number of carbonyl (C=O) groups is 1. The number of nitrogens with zero attached hydrogens (tertiary/aromatic N) is 2. The van der Waals surface area contributed by atoms with Crippen molar-refractivity contribution in [2.45, 2.75) is 17.7 Å². The third kappa shape index (κ3) is 4.54. The second-order valence-electron chi connectivity index (χ2n) is 7.30. The van der Waals surface area contributed by atoms with E-state index in [1.165, 1.54) is 38.1 Å². The summed E-state index contributed by atoms with van der Waals surface area (Å²) in [6, 6.07) is 10.5. The first-order valence-electron chi connectivity index (χ1n) is 9.54. The molecule has 0 aliphatic carbocycles. The van der Waals surface area contributed by atoms with Crippen molar-refractivity contribution in [1.82, 2.24) is 0 Å². The van der Waals surface area contributed by atoms with Crippen molar-refractivity contribution in [1.29, 1.82) is 0 Å². The van der Waals surface area contributed by atoms with E-state index in [1.807, 2.05) is 0 Å². The van der Waals surface area contributed by atoms with Crippen LogP contribution < -0.4 is 14.4 Å². The van der Waals surface area contributed by atoms with Crippen LogP contribution in [0.4, 0.5) is 10.1 Å². The fourth-order valence-corrected chi connectivity index (χ4v) is 7.68. The number of carbonyl (C=O) groups excluding carboxylic acids is 1. The molecule has 1 amide bonds. The number of rotatable bonds is 5. The van der Waals surface area contributed by atoms with Crippen molar-refractivity contribution in [3.05, 3.63) is 53.8 Å². The Morgan fingerprint density at radius 2 is 1.90 bits per heavy atom. The molecule has 2 aromatic carbocycles. The summed E-state index contributed by atoms with van der Waals surface area (Å²) in [5.41, 5.74) is 1.24. The van der Waals surface area contributed by atoms with Gasteiger partial charge >= 0.3 is 0 Å². The minimum Gasteiger partial charge on any atom is -0.497 e. The second kappa shape index (κ2) is 8.51. The SMILES string of the molecule is COc1ccc(OC)c(N2C(=NC(=O)Cc3ccc(F)cc3)SC3CS(=O)(=O)CC32)c1. The Bertz CT molecular complexity index is 1130. The monoisotopic (exact) mass is 464 g/mol. The van der Waals surface area contributed by atoms with Gasteiger partial charge in [-0.2, -0.15) is 4.99 Å². The van der Waals surface area contributed by atoms with Gasteiger partial charge in [0.2, 0.25) is 0 Å². The minimum atomic E-state index is -3.20. The van der Waals surface area contributed by atoms with Crippen molar-refractivity contribution in [3.63, 3.8) is 0 Å². The molecule has 7 nitrogen and oxygen atoms in total. The molecule has 2 aromatic rings. The van der Waals surface area contributed by atoms with Crippen LogP contribution in [0.5, 0.6) is 11.5 Å². The largest absolute Gasteiger partial charge is 0.497 e. The molecule has 2 aliphatic heterocycles. The Hall–Kier alpha value is -2.59. The summed E-state index contributed by atoms with van der Waals surface area (Å²) in [7, 11) is -0.138. The van der Waals surface area contributed by atoms with Crippen LogP contribution in [-0.2, 0) is 21.1 Å². The number of thioether (sulfide) groups is 1. The van der Waals surface area contributed by atoms with Crippen LogP contribution in [0.1, 0.15) is 5.56 Å². The molecule has 0 bridgehead atoms. The van der Waals surface area contributed by atoms with Crippen LogP contribution in [0.25, 0.3) is 0 Å². The Labute approximate surface area is 184 Å². The number of hydrogen-bond donors (Lipinski definition) is 0. The molecule has 2 saturated heterocycles. The summed E-state index contributed by atoms with van der Waals surface area (Å²) in [5, 5.41) is 0.182. The van der Waals surface area contributed by atoms with Gasteiger partial charge in [-0.1, -0.05) is 23.9 Å². The van der Waals surface area contributed by atoms with Gasteiger partial charge in [0.05, 0.1) is 43.9 Å². The topological polar surface area (TPSA) is 85.3 Å². The summed E-state index contributed by atoms with van der Waals surface area (Å²) in [6.45, 7) is 0. The van der Waals surface area contributed by atoms with Crippen molar-refractivity contribution in [2.75, 3.05) is 30.6 Å². The number of sulfone groups is 1. The molecule has 10 heteroatoms. The molecule has 0 spiro atoms. The van der Waals surface area contributed by atoms with E-state index in [1.54, 1.807) is 35.2 Å². The lowest BCUT2D eigenvalue weighted by atomic mass is 10.1. The van der Waals surface area contributed by atoms with Gasteiger partial charge in [-0.3, -0.25) is 4.79 Å². The quantitative estimate of drug-likeness (QED) is 0.673. The summed E-state index contributed by atoms with van der Waals surface area (Å²) in [5.74, 6) is 0.307. The maximum Gasteiger partial charge on any atom is 0.252 e. The fourth-order valence-electron chi connectivity index (χ4n) is 3.75. The van der Waals surface area contributed by atoms with Crippen LogP contribution in [-0.4, -0.2) is 56.5 Å². The first-order chi connectivity index (χ1) is 14.8. The van der Waals surface area contributed by atoms with Gasteiger partial charge in [-0.05, 0) is 29.8 Å². The Balaban J connectivity index is 1.70. The highest BCUT2D eigenvalue weighted by molar-refractivity contribution is 8.16. The number of methoxy groups -OCH3 is 2. The molecule has 2 unspecified atom stereocenters. The maximum atomic E-state index is 13.1. The molecular weight excluding hydrogens is 443 g/mol. The predicted molar refractivity (Wildman–Crippen MR) is 118 cm³/mol. The maximum absolute atomic E-state index is 13.1. The smallest absolute Gasteiger partial charge is 0.252 e. The number of anilines is 1. The van der Waals surface area contributed by atoms with Gasteiger partial charge in [-0.15, -0.1) is 0 Å². The number of amidine groups is 1. The molecule has 2 fully saturated rings. The minimum absolute atomic E-state index is 0.0149. The van der Waals surface area contributed by atoms with Crippen molar-refractivity contribution >= 4 is 38.4 Å². The zero-order chi connectivity index (χ0) is 22.2. The molecule has 2 atom stereocenters. The van der Waals surface area contributed by atoms with E-state index in [-0.39, 0.29) is 35.0 Å². The molecule has 164 valence electrons. The van der Waals surface area contributed by atoms with Gasteiger partial charge in [0.15, 0.2) is 15.0 Å². The lowest BCUT2D eigenvalue weighted by Crippen LogP contribution is -2.38. The standard InChI is InChI=1S/C21H21FN2O5S2/c1-28-15-7-8-18(29-2)16(10-15)24-17-11-31(26,27)12-19(17)30-21(24)23-20(25)9-13-3-5-14(22)6-4-13/h3-8,10,17,19H,9,11-12H2,1-2H3. The zero-order valence-electron chi connectivity index (χ0n) is 16.9. The van der Waals surface area contributed by atoms with Crippen LogP contribution in [0, 0.1) is 5.82 Å². The Kier molecular flexibility index (Phi) is 5.94. The summed E-state index contributed by atoms with van der Waals surface area (Å²) >= 11 is 1.28. The van der Waals surface area contributed by atoms with Gasteiger partial charge in [-0.25, -0.2) is 12.8 Å². The average molecular weight is 465 g/mol. The van der Waals surface area contributed by atoms with Crippen LogP contribution >= 0.6 is 11.8 Å². The van der Waals surface area contributed by atoms with E-state index in [0.717, 1.165) is 0 Å². The second-order valence-corrected chi connectivity index (χ2v) is 10.7. The lowest BCUT2D eigenvalue weighted by Gasteiger charge is -2.26. The number of hydrogen-bond acceptors (Lipinski definition) is 6. The van der Waals surface area contributed by atoms with E-state index < -0.39 is 15.7 Å². The Morgan fingerprint density at radius 1 is 1.16 bits per heavy atom. The molecule has 31 heavy (non-hydrogen) atoms. The molecule has 0 radical (unpaired) electrons. The third-order valence-corrected chi connectivity index (χ3v) is 8.41. The highest BCUT2D eigenvalue weighted by Gasteiger charge is 2.50. The molecule has 2 aliphatic rings. The first-order valence-corrected chi connectivity index (χ1v) is 12.2. The average Bonchev–Trinajstić information content (AvgIpc) is 3.19. The van der Waals surface area contributed by atoms with E-state index in [4.69, 9.17) is 9.47 Å². The first kappa shape index (κ1) is 21.6. The number of fused-ring (bicyclic) bond motifs is 1. The molecular formula is C21H21FN2O5S2. The molecule has 0 N–H and O–H groups in total. The number of ether oxygens (including phenoxy) is 2. The summed E-state index contributed by atoms with van der Waals surface area (Å²) in [6.07, 6.45) is 0.0149. The van der Waals surface area contributed by atoms with Crippen molar-refractivity contribution in [3.8, 4) is 11.5 Å².